The first kappa shape index (κ1) is 13.7. The maximum absolute atomic E-state index is 12.7. The molecule has 2 fully saturated rings. The van der Waals surface area contributed by atoms with E-state index in [1.54, 1.807) is 0 Å². The lowest BCUT2D eigenvalue weighted by Gasteiger charge is -2.29. The molecule has 22 heavy (non-hydrogen) atoms. The summed E-state index contributed by atoms with van der Waals surface area (Å²) in [6, 6.07) is 6.26. The summed E-state index contributed by atoms with van der Waals surface area (Å²) in [5, 5.41) is 13.7. The zero-order valence-electron chi connectivity index (χ0n) is 12.6. The first-order chi connectivity index (χ1) is 10.8. The van der Waals surface area contributed by atoms with Crippen LogP contribution in [0.5, 0.6) is 0 Å². The molecule has 1 unspecified atom stereocenters. The van der Waals surface area contributed by atoms with E-state index in [4.69, 9.17) is 0 Å². The van der Waals surface area contributed by atoms with Gasteiger partial charge in [-0.2, -0.15) is 15.4 Å². The van der Waals surface area contributed by atoms with Crippen LogP contribution in [0.15, 0.2) is 18.2 Å². The van der Waals surface area contributed by atoms with Gasteiger partial charge in [0, 0.05) is 11.7 Å². The van der Waals surface area contributed by atoms with Gasteiger partial charge < -0.3 is 5.32 Å². The van der Waals surface area contributed by atoms with Crippen LogP contribution < -0.4 is 5.32 Å². The van der Waals surface area contributed by atoms with Crippen molar-refractivity contribution in [3.05, 3.63) is 18.2 Å². The molecule has 1 atom stereocenters. The fourth-order valence-corrected chi connectivity index (χ4v) is 3.89. The van der Waals surface area contributed by atoms with Gasteiger partial charge in [0.15, 0.2) is 0 Å². The van der Waals surface area contributed by atoms with Gasteiger partial charge in [-0.1, -0.05) is 12.8 Å². The fourth-order valence-electron chi connectivity index (χ4n) is 3.89. The van der Waals surface area contributed by atoms with Gasteiger partial charge in [-0.15, -0.1) is 0 Å². The summed E-state index contributed by atoms with van der Waals surface area (Å²) in [5.41, 5.74) is 2.38. The molecule has 1 saturated heterocycles. The van der Waals surface area contributed by atoms with Crippen molar-refractivity contribution in [3.63, 3.8) is 0 Å². The van der Waals surface area contributed by atoms with E-state index in [-0.39, 0.29) is 11.9 Å². The van der Waals surface area contributed by atoms with Gasteiger partial charge in [-0.25, -0.2) is 0 Å². The number of hydrogen-bond donors (Lipinski definition) is 2. The number of nitrogens with one attached hydrogen (secondary N) is 2. The van der Waals surface area contributed by atoms with E-state index in [0.29, 0.717) is 6.04 Å². The molecule has 4 rings (SSSR count). The number of fused-ring (bicyclic) bond motifs is 1. The number of rotatable bonds is 3. The highest BCUT2D eigenvalue weighted by atomic mass is 16.2. The summed E-state index contributed by atoms with van der Waals surface area (Å²) in [5.74, 6) is 0.118. The Kier molecular flexibility index (Phi) is 3.54. The van der Waals surface area contributed by atoms with Crippen LogP contribution in [0.2, 0.25) is 0 Å². The molecule has 1 aromatic heterocycles. The highest BCUT2D eigenvalue weighted by Crippen LogP contribution is 2.30. The van der Waals surface area contributed by atoms with Crippen molar-refractivity contribution in [1.82, 2.24) is 20.3 Å². The molecular formula is C16H21N5O. The number of aromatic amines is 1. The molecule has 1 amide bonds. The molecule has 2 aromatic rings. The molecule has 1 aliphatic carbocycles. The zero-order chi connectivity index (χ0) is 14.9. The smallest absolute Gasteiger partial charge is 0.241 e. The summed E-state index contributed by atoms with van der Waals surface area (Å²) < 4.78 is 0. The Morgan fingerprint density at radius 3 is 2.82 bits per heavy atom. The number of hydrogen-bond acceptors (Lipinski definition) is 4. The van der Waals surface area contributed by atoms with E-state index >= 15 is 0 Å². The number of nitrogens with zero attached hydrogens (tertiary/aromatic N) is 3. The molecule has 1 aliphatic heterocycles. The quantitative estimate of drug-likeness (QED) is 0.912. The summed E-state index contributed by atoms with van der Waals surface area (Å²) in [4.78, 5) is 15.1. The normalized spacial score (nSPS) is 23.4. The maximum atomic E-state index is 12.7. The van der Waals surface area contributed by atoms with Crippen LogP contribution in [-0.4, -0.2) is 44.8 Å². The predicted molar refractivity (Wildman–Crippen MR) is 84.5 cm³/mol. The molecule has 1 saturated carbocycles. The number of carbonyl (C=O) groups excluding carboxylic acids is 1. The van der Waals surface area contributed by atoms with Gasteiger partial charge in [0.2, 0.25) is 5.91 Å². The monoisotopic (exact) mass is 299 g/mol. The van der Waals surface area contributed by atoms with Crippen LogP contribution in [0.3, 0.4) is 0 Å². The second kappa shape index (κ2) is 5.68. The Bertz CT molecular complexity index is 676. The average molecular weight is 299 g/mol. The minimum absolute atomic E-state index is 0.0242. The number of H-pyrrole nitrogens is 1. The number of amides is 1. The Hall–Kier alpha value is -1.95. The zero-order valence-corrected chi connectivity index (χ0v) is 12.6. The van der Waals surface area contributed by atoms with Gasteiger partial charge in [-0.05, 0) is 50.4 Å². The Labute approximate surface area is 129 Å². The lowest BCUT2D eigenvalue weighted by molar-refractivity contribution is -0.121. The van der Waals surface area contributed by atoms with Gasteiger partial charge in [0.25, 0.3) is 0 Å². The molecular weight excluding hydrogens is 278 g/mol. The maximum Gasteiger partial charge on any atom is 0.241 e. The lowest BCUT2D eigenvalue weighted by atomic mass is 10.1. The standard InChI is InChI=1S/C16H21N5O/c22-16(15-6-3-9-21(15)12-4-1-2-5-12)17-11-7-8-13-14(10-11)19-20-18-13/h7-8,10,12,15H,1-6,9H2,(H,17,22)(H,18,19,20). The molecule has 2 N–H and O–H groups in total. The number of carbonyl (C=O) groups is 1. The molecule has 0 spiro atoms. The van der Waals surface area contributed by atoms with E-state index in [0.717, 1.165) is 36.1 Å². The summed E-state index contributed by atoms with van der Waals surface area (Å²) >= 11 is 0. The molecule has 116 valence electrons. The fraction of sp³-hybridized carbons (Fsp3) is 0.562. The number of aromatic nitrogens is 3. The minimum Gasteiger partial charge on any atom is -0.325 e. The second-order valence-electron chi connectivity index (χ2n) is 6.35. The first-order valence-corrected chi connectivity index (χ1v) is 8.18. The molecule has 2 heterocycles. The number of benzene rings is 1. The van der Waals surface area contributed by atoms with Gasteiger partial charge >= 0.3 is 0 Å². The molecule has 0 radical (unpaired) electrons. The lowest BCUT2D eigenvalue weighted by Crippen LogP contribution is -2.44. The molecule has 1 aromatic carbocycles. The van der Waals surface area contributed by atoms with E-state index in [2.05, 4.69) is 25.6 Å². The summed E-state index contributed by atoms with van der Waals surface area (Å²) in [6.07, 6.45) is 7.19. The third kappa shape index (κ3) is 2.47. The highest BCUT2D eigenvalue weighted by Gasteiger charge is 2.36. The van der Waals surface area contributed by atoms with Crippen molar-refractivity contribution in [2.45, 2.75) is 50.6 Å². The molecule has 0 bridgehead atoms. The summed E-state index contributed by atoms with van der Waals surface area (Å²) in [7, 11) is 0. The Balaban J connectivity index is 1.48. The van der Waals surface area contributed by atoms with Gasteiger partial charge in [0.1, 0.15) is 11.0 Å². The van der Waals surface area contributed by atoms with E-state index < -0.39 is 0 Å². The van der Waals surface area contributed by atoms with Crippen LogP contribution in [0, 0.1) is 0 Å². The van der Waals surface area contributed by atoms with Crippen molar-refractivity contribution in [1.29, 1.82) is 0 Å². The summed E-state index contributed by atoms with van der Waals surface area (Å²) in [6.45, 7) is 1.06. The second-order valence-corrected chi connectivity index (χ2v) is 6.35. The Morgan fingerprint density at radius 1 is 1.14 bits per heavy atom. The van der Waals surface area contributed by atoms with Crippen LogP contribution in [0.4, 0.5) is 5.69 Å². The Morgan fingerprint density at radius 2 is 1.95 bits per heavy atom. The van der Waals surface area contributed by atoms with Crippen LogP contribution in [0.1, 0.15) is 38.5 Å². The first-order valence-electron chi connectivity index (χ1n) is 8.18. The van der Waals surface area contributed by atoms with Gasteiger partial charge in [-0.3, -0.25) is 9.69 Å². The molecule has 6 nitrogen and oxygen atoms in total. The topological polar surface area (TPSA) is 73.9 Å². The highest BCUT2D eigenvalue weighted by molar-refractivity contribution is 5.96. The van der Waals surface area contributed by atoms with Crippen molar-refractivity contribution < 1.29 is 4.79 Å². The minimum atomic E-state index is 0.0242. The third-order valence-electron chi connectivity index (χ3n) is 4.97. The number of likely N-dealkylation sites (tertiary alicyclic amines) is 1. The van der Waals surface area contributed by atoms with Crippen molar-refractivity contribution in [2.24, 2.45) is 0 Å². The van der Waals surface area contributed by atoms with Gasteiger partial charge in [0.05, 0.1) is 6.04 Å². The van der Waals surface area contributed by atoms with E-state index in [9.17, 15) is 4.79 Å². The third-order valence-corrected chi connectivity index (χ3v) is 4.97. The van der Waals surface area contributed by atoms with Crippen LogP contribution in [0.25, 0.3) is 11.0 Å². The van der Waals surface area contributed by atoms with E-state index in [1.165, 1.54) is 25.7 Å². The largest absolute Gasteiger partial charge is 0.325 e. The molecule has 6 heteroatoms. The van der Waals surface area contributed by atoms with E-state index in [1.807, 2.05) is 18.2 Å². The average Bonchev–Trinajstić information content (AvgIpc) is 3.26. The van der Waals surface area contributed by atoms with Crippen molar-refractivity contribution >= 4 is 22.6 Å². The van der Waals surface area contributed by atoms with Crippen molar-refractivity contribution in [2.75, 3.05) is 11.9 Å². The number of anilines is 1. The predicted octanol–water partition coefficient (Wildman–Crippen LogP) is 2.30. The van der Waals surface area contributed by atoms with Crippen LogP contribution in [-0.2, 0) is 4.79 Å². The van der Waals surface area contributed by atoms with Crippen molar-refractivity contribution in [3.8, 4) is 0 Å². The SMILES string of the molecule is O=C(Nc1ccc2n[nH]nc2c1)C1CCCN1C1CCCC1. The molecule has 2 aliphatic rings. The van der Waals surface area contributed by atoms with Crippen LogP contribution >= 0.6 is 0 Å².